The third-order valence-corrected chi connectivity index (χ3v) is 7.95. The number of carboxylic acid groups (broad SMARTS) is 1. The number of nitrogens with zero attached hydrogens (tertiary/aromatic N) is 1. The molecule has 1 aliphatic heterocycles. The average molecular weight is 660 g/mol. The van der Waals surface area contributed by atoms with E-state index >= 15 is 0 Å². The van der Waals surface area contributed by atoms with E-state index in [0.29, 0.717) is 26.0 Å². The molecule has 0 spiro atoms. The molecule has 256 valence electrons. The van der Waals surface area contributed by atoms with Crippen molar-refractivity contribution >= 4 is 29.8 Å². The van der Waals surface area contributed by atoms with Crippen molar-refractivity contribution in [2.75, 3.05) is 24.6 Å². The van der Waals surface area contributed by atoms with E-state index in [1.165, 1.54) is 5.56 Å². The van der Waals surface area contributed by atoms with Crippen molar-refractivity contribution in [2.24, 2.45) is 0 Å². The lowest BCUT2D eigenvalue weighted by Crippen LogP contribution is -2.49. The average Bonchev–Trinajstić information content (AvgIpc) is 3.04. The molecule has 0 saturated heterocycles. The number of hydrogen-bond donors (Lipinski definition) is 3. The van der Waals surface area contributed by atoms with E-state index in [-0.39, 0.29) is 12.5 Å². The van der Waals surface area contributed by atoms with Gasteiger partial charge >= 0.3 is 18.2 Å². The Morgan fingerprint density at radius 2 is 1.73 bits per heavy atom. The molecule has 1 heterocycles. The minimum atomic E-state index is -1.40. The molecule has 3 N–H and O–H groups in total. The molecule has 3 aromatic rings. The van der Waals surface area contributed by atoms with Gasteiger partial charge in [0.25, 0.3) is 0 Å². The van der Waals surface area contributed by atoms with Gasteiger partial charge in [-0.1, -0.05) is 42.5 Å². The number of anilines is 1. The summed E-state index contributed by atoms with van der Waals surface area (Å²) in [6.45, 7) is 9.73. The SMILES string of the molecule is Cc1cccc(OCCCC(=O)N2CCCc3c(-c4cccc(COC(=O)NCC(NC(=O)OC(C)(C)C)C(=O)O)c4)cccc32)c1C. The van der Waals surface area contributed by atoms with E-state index in [1.54, 1.807) is 20.8 Å². The van der Waals surface area contributed by atoms with Crippen LogP contribution in [0.2, 0.25) is 0 Å². The number of carbonyl (C=O) groups is 4. The Kier molecular flexibility index (Phi) is 12.1. The molecule has 4 rings (SSSR count). The molecule has 0 fully saturated rings. The third-order valence-electron chi connectivity index (χ3n) is 7.95. The quantitative estimate of drug-likeness (QED) is 0.192. The summed E-state index contributed by atoms with van der Waals surface area (Å²) in [7, 11) is 0. The van der Waals surface area contributed by atoms with Crippen LogP contribution in [0.15, 0.2) is 60.7 Å². The number of hydrogen-bond acceptors (Lipinski definition) is 7. The van der Waals surface area contributed by atoms with E-state index in [4.69, 9.17) is 14.2 Å². The van der Waals surface area contributed by atoms with Crippen LogP contribution >= 0.6 is 0 Å². The number of alkyl carbamates (subject to hydrolysis) is 2. The predicted octanol–water partition coefficient (Wildman–Crippen LogP) is 6.31. The maximum Gasteiger partial charge on any atom is 0.408 e. The number of ether oxygens (including phenoxy) is 3. The van der Waals surface area contributed by atoms with Gasteiger partial charge in [0.1, 0.15) is 24.0 Å². The van der Waals surface area contributed by atoms with Crippen LogP contribution in [-0.4, -0.2) is 60.5 Å². The van der Waals surface area contributed by atoms with Gasteiger partial charge in [0.15, 0.2) is 0 Å². The lowest BCUT2D eigenvalue weighted by Gasteiger charge is -2.31. The van der Waals surface area contributed by atoms with Gasteiger partial charge in [-0.25, -0.2) is 14.4 Å². The standard InChI is InChI=1S/C37H45N3O8/c1-24-11-6-17-32(25(24)2)46-20-10-18-33(41)40-19-9-15-29-28(14-8-16-31(29)40)27-13-7-12-26(21-27)23-47-35(44)38-22-30(34(42)43)39-36(45)48-37(3,4)5/h6-8,11-14,16-17,21,30H,9-10,15,18-20,22-23H2,1-5H3,(H,38,44)(H,39,45)(H,42,43). The molecule has 11 nitrogen and oxygen atoms in total. The number of amides is 3. The molecule has 3 aromatic carbocycles. The molecule has 0 radical (unpaired) electrons. The van der Waals surface area contributed by atoms with Gasteiger partial charge in [-0.3, -0.25) is 4.79 Å². The predicted molar refractivity (Wildman–Crippen MR) is 182 cm³/mol. The van der Waals surface area contributed by atoms with Crippen LogP contribution in [0.4, 0.5) is 15.3 Å². The van der Waals surface area contributed by atoms with Crippen LogP contribution < -0.4 is 20.3 Å². The number of carboxylic acids is 1. The zero-order chi connectivity index (χ0) is 34.8. The minimum Gasteiger partial charge on any atom is -0.493 e. The molecule has 3 amide bonds. The first-order valence-corrected chi connectivity index (χ1v) is 16.2. The molecule has 0 aromatic heterocycles. The highest BCUT2D eigenvalue weighted by Crippen LogP contribution is 2.36. The number of carbonyl (C=O) groups excluding carboxylic acids is 3. The molecule has 0 saturated carbocycles. The van der Waals surface area contributed by atoms with Crippen LogP contribution in [0.1, 0.15) is 62.3 Å². The highest BCUT2D eigenvalue weighted by molar-refractivity contribution is 5.96. The number of fused-ring (bicyclic) bond motifs is 1. The van der Waals surface area contributed by atoms with Crippen LogP contribution in [0.5, 0.6) is 5.75 Å². The fourth-order valence-electron chi connectivity index (χ4n) is 5.44. The third kappa shape index (κ3) is 9.97. The fraction of sp³-hybridized carbons (Fsp3) is 0.405. The van der Waals surface area contributed by atoms with Gasteiger partial charge in [0, 0.05) is 18.7 Å². The van der Waals surface area contributed by atoms with E-state index in [1.807, 2.05) is 79.4 Å². The second-order valence-corrected chi connectivity index (χ2v) is 12.8. The zero-order valence-corrected chi connectivity index (χ0v) is 28.3. The molecule has 1 atom stereocenters. The zero-order valence-electron chi connectivity index (χ0n) is 28.3. The molecule has 0 aliphatic carbocycles. The number of nitrogens with one attached hydrogen (secondary N) is 2. The van der Waals surface area contributed by atoms with Gasteiger partial charge in [-0.05, 0) is 105 Å². The molecule has 48 heavy (non-hydrogen) atoms. The first-order chi connectivity index (χ1) is 22.8. The largest absolute Gasteiger partial charge is 0.493 e. The normalized spacial score (nSPS) is 13.1. The Morgan fingerprint density at radius 1 is 0.979 bits per heavy atom. The maximum atomic E-state index is 13.3. The Balaban J connectivity index is 1.33. The number of rotatable bonds is 12. The van der Waals surface area contributed by atoms with Crippen LogP contribution in [0, 0.1) is 13.8 Å². The van der Waals surface area contributed by atoms with Gasteiger partial charge in [0.2, 0.25) is 5.91 Å². The maximum absolute atomic E-state index is 13.3. The Labute approximate surface area is 281 Å². The number of aliphatic carboxylic acids is 1. The molecular weight excluding hydrogens is 614 g/mol. The summed E-state index contributed by atoms with van der Waals surface area (Å²) >= 11 is 0. The summed E-state index contributed by atoms with van der Waals surface area (Å²) in [4.78, 5) is 51.1. The molecule has 0 bridgehead atoms. The minimum absolute atomic E-state index is 0.0549. The summed E-state index contributed by atoms with van der Waals surface area (Å²) in [5.41, 5.74) is 6.15. The van der Waals surface area contributed by atoms with Crippen LogP contribution in [0.3, 0.4) is 0 Å². The highest BCUT2D eigenvalue weighted by Gasteiger charge is 2.26. The van der Waals surface area contributed by atoms with Gasteiger partial charge < -0.3 is 34.9 Å². The lowest BCUT2D eigenvalue weighted by molar-refractivity contribution is -0.139. The summed E-state index contributed by atoms with van der Waals surface area (Å²) in [5.74, 6) is -0.414. The van der Waals surface area contributed by atoms with Crippen LogP contribution in [-0.2, 0) is 32.1 Å². The monoisotopic (exact) mass is 659 g/mol. The summed E-state index contributed by atoms with van der Waals surface area (Å²) in [5, 5.41) is 14.0. The van der Waals surface area contributed by atoms with Gasteiger partial charge in [0.05, 0.1) is 13.2 Å². The van der Waals surface area contributed by atoms with Crippen LogP contribution in [0.25, 0.3) is 11.1 Å². The lowest BCUT2D eigenvalue weighted by atomic mass is 9.91. The molecule has 11 heteroatoms. The van der Waals surface area contributed by atoms with E-state index < -0.39 is 36.3 Å². The number of aryl methyl sites for hydroxylation is 1. The Hall–Kier alpha value is -5.06. The van der Waals surface area contributed by atoms with Crippen molar-refractivity contribution < 1.29 is 38.5 Å². The Morgan fingerprint density at radius 3 is 2.48 bits per heavy atom. The topological polar surface area (TPSA) is 144 Å². The molecule has 1 aliphatic rings. The summed E-state index contributed by atoms with van der Waals surface area (Å²) in [6.07, 6.45) is 0.936. The second-order valence-electron chi connectivity index (χ2n) is 12.8. The molecule has 1 unspecified atom stereocenters. The summed E-state index contributed by atoms with van der Waals surface area (Å²) in [6, 6.07) is 18.1. The van der Waals surface area contributed by atoms with E-state index in [2.05, 4.69) is 10.6 Å². The van der Waals surface area contributed by atoms with Crippen molar-refractivity contribution in [1.82, 2.24) is 10.6 Å². The molecular formula is C37H45N3O8. The first kappa shape index (κ1) is 35.8. The summed E-state index contributed by atoms with van der Waals surface area (Å²) < 4.78 is 16.4. The fourth-order valence-corrected chi connectivity index (χ4v) is 5.44. The van der Waals surface area contributed by atoms with Gasteiger partial charge in [-0.15, -0.1) is 0 Å². The van der Waals surface area contributed by atoms with Crippen molar-refractivity contribution in [3.05, 3.63) is 82.9 Å². The first-order valence-electron chi connectivity index (χ1n) is 16.2. The van der Waals surface area contributed by atoms with Crippen molar-refractivity contribution in [1.29, 1.82) is 0 Å². The highest BCUT2D eigenvalue weighted by atomic mass is 16.6. The van der Waals surface area contributed by atoms with Gasteiger partial charge in [-0.2, -0.15) is 0 Å². The van der Waals surface area contributed by atoms with E-state index in [9.17, 15) is 24.3 Å². The Bertz CT molecular complexity index is 1630. The van der Waals surface area contributed by atoms with E-state index in [0.717, 1.165) is 52.1 Å². The van der Waals surface area contributed by atoms with Crippen molar-refractivity contribution in [3.8, 4) is 16.9 Å². The smallest absolute Gasteiger partial charge is 0.408 e. The second kappa shape index (κ2) is 16.2. The van der Waals surface area contributed by atoms with Crippen molar-refractivity contribution in [3.63, 3.8) is 0 Å². The van der Waals surface area contributed by atoms with Crippen molar-refractivity contribution in [2.45, 2.75) is 78.6 Å². The number of benzene rings is 3.